The van der Waals surface area contributed by atoms with Crippen molar-refractivity contribution in [3.8, 4) is 22.8 Å². The summed E-state index contributed by atoms with van der Waals surface area (Å²) in [5.74, 6) is 0.0577. The van der Waals surface area contributed by atoms with E-state index in [2.05, 4.69) is 15.0 Å². The summed E-state index contributed by atoms with van der Waals surface area (Å²) < 4.78 is 6.79. The summed E-state index contributed by atoms with van der Waals surface area (Å²) in [6, 6.07) is 15.9. The molecule has 4 rings (SSSR count). The zero-order valence-corrected chi connectivity index (χ0v) is 15.4. The Morgan fingerprint density at radius 3 is 2.52 bits per heavy atom. The molecule has 3 N–H and O–H groups in total. The normalized spacial score (nSPS) is 10.8. The van der Waals surface area contributed by atoms with Crippen LogP contribution in [0.15, 0.2) is 59.4 Å². The first-order chi connectivity index (χ1) is 14.1. The molecule has 0 unspecified atom stereocenters. The monoisotopic (exact) mass is 391 g/mol. The van der Waals surface area contributed by atoms with Crippen molar-refractivity contribution in [3.05, 3.63) is 70.8 Å². The van der Waals surface area contributed by atoms with Gasteiger partial charge in [-0.3, -0.25) is 10.0 Å². The number of imidazole rings is 1. The topological polar surface area (TPSA) is 122 Å². The van der Waals surface area contributed by atoms with Crippen LogP contribution in [-0.4, -0.2) is 37.2 Å². The molecular weight excluding hydrogens is 374 g/mol. The SMILES string of the molecule is CCOc1ccc(-c2nc(C(=O)NO)c3[nH]c(=O)n(-c4ccccc4)c3n2)cc1. The van der Waals surface area contributed by atoms with Crippen LogP contribution in [0.3, 0.4) is 0 Å². The minimum atomic E-state index is -0.856. The van der Waals surface area contributed by atoms with Gasteiger partial charge in [0.1, 0.15) is 11.3 Å². The largest absolute Gasteiger partial charge is 0.494 e. The molecule has 9 heteroatoms. The third kappa shape index (κ3) is 3.34. The minimum absolute atomic E-state index is 0.125. The van der Waals surface area contributed by atoms with Crippen LogP contribution in [0.5, 0.6) is 5.75 Å². The number of nitrogens with one attached hydrogen (secondary N) is 2. The van der Waals surface area contributed by atoms with Crippen molar-refractivity contribution in [2.75, 3.05) is 6.61 Å². The Hall–Kier alpha value is -3.98. The van der Waals surface area contributed by atoms with Gasteiger partial charge >= 0.3 is 5.69 Å². The number of para-hydroxylation sites is 1. The summed E-state index contributed by atoms with van der Waals surface area (Å²) >= 11 is 0. The molecule has 4 aromatic rings. The molecule has 0 bridgehead atoms. The first-order valence-corrected chi connectivity index (χ1v) is 8.88. The highest BCUT2D eigenvalue weighted by molar-refractivity contribution is 6.02. The molecule has 9 nitrogen and oxygen atoms in total. The van der Waals surface area contributed by atoms with Gasteiger partial charge in [0.25, 0.3) is 5.91 Å². The smallest absolute Gasteiger partial charge is 0.332 e. The number of carbonyl (C=O) groups excluding carboxylic acids is 1. The molecule has 0 fully saturated rings. The average molecular weight is 391 g/mol. The Kier molecular flexibility index (Phi) is 4.80. The van der Waals surface area contributed by atoms with Crippen molar-refractivity contribution in [2.45, 2.75) is 6.92 Å². The van der Waals surface area contributed by atoms with Gasteiger partial charge in [-0.05, 0) is 43.3 Å². The van der Waals surface area contributed by atoms with Crippen LogP contribution in [0.2, 0.25) is 0 Å². The molecule has 2 aromatic heterocycles. The van der Waals surface area contributed by atoms with E-state index in [1.165, 1.54) is 4.57 Å². The Balaban J connectivity index is 1.96. The van der Waals surface area contributed by atoms with Gasteiger partial charge in [0.2, 0.25) is 0 Å². The third-order valence-electron chi connectivity index (χ3n) is 4.29. The maximum atomic E-state index is 12.6. The van der Waals surface area contributed by atoms with Gasteiger partial charge in [0.15, 0.2) is 17.2 Å². The number of hydroxylamine groups is 1. The predicted octanol–water partition coefficient (Wildman–Crippen LogP) is 2.29. The highest BCUT2D eigenvalue weighted by atomic mass is 16.5. The molecule has 0 radical (unpaired) electrons. The van der Waals surface area contributed by atoms with Crippen LogP contribution in [0.4, 0.5) is 0 Å². The second kappa shape index (κ2) is 7.56. The number of rotatable bonds is 5. The van der Waals surface area contributed by atoms with Crippen LogP contribution in [-0.2, 0) is 0 Å². The van der Waals surface area contributed by atoms with Gasteiger partial charge in [-0.25, -0.2) is 24.8 Å². The Morgan fingerprint density at radius 1 is 1.14 bits per heavy atom. The van der Waals surface area contributed by atoms with Crippen molar-refractivity contribution in [2.24, 2.45) is 0 Å². The van der Waals surface area contributed by atoms with E-state index in [0.29, 0.717) is 23.6 Å². The highest BCUT2D eigenvalue weighted by Gasteiger charge is 2.21. The van der Waals surface area contributed by atoms with Crippen molar-refractivity contribution in [1.29, 1.82) is 0 Å². The first-order valence-electron chi connectivity index (χ1n) is 8.88. The quantitative estimate of drug-likeness (QED) is 0.354. The number of H-pyrrole nitrogens is 1. The van der Waals surface area contributed by atoms with Crippen LogP contribution >= 0.6 is 0 Å². The van der Waals surface area contributed by atoms with Crippen molar-refractivity contribution < 1.29 is 14.7 Å². The molecule has 0 aliphatic heterocycles. The number of hydrogen-bond donors (Lipinski definition) is 3. The molecule has 0 spiro atoms. The number of amides is 1. The highest BCUT2D eigenvalue weighted by Crippen LogP contribution is 2.24. The van der Waals surface area contributed by atoms with E-state index < -0.39 is 11.6 Å². The zero-order chi connectivity index (χ0) is 20.4. The van der Waals surface area contributed by atoms with Crippen molar-refractivity contribution >= 4 is 17.1 Å². The van der Waals surface area contributed by atoms with E-state index in [1.807, 2.05) is 13.0 Å². The lowest BCUT2D eigenvalue weighted by Crippen LogP contribution is -2.21. The van der Waals surface area contributed by atoms with Gasteiger partial charge in [-0.2, -0.15) is 0 Å². The molecule has 146 valence electrons. The maximum Gasteiger partial charge on any atom is 0.332 e. The lowest BCUT2D eigenvalue weighted by Gasteiger charge is -2.08. The molecule has 0 saturated carbocycles. The van der Waals surface area contributed by atoms with E-state index in [0.717, 1.165) is 0 Å². The standard InChI is InChI=1S/C20H17N5O4/c1-2-29-14-10-8-12(9-11-14)17-21-16(19(26)24-28)15-18(23-17)25(20(27)22-15)13-6-4-3-5-7-13/h3-11,28H,2H2,1H3,(H,22,27)(H,24,26). The number of benzene rings is 2. The Morgan fingerprint density at radius 2 is 1.86 bits per heavy atom. The molecule has 0 atom stereocenters. The molecule has 0 aliphatic carbocycles. The van der Waals surface area contributed by atoms with Crippen LogP contribution in [0.25, 0.3) is 28.2 Å². The van der Waals surface area contributed by atoms with E-state index in [-0.39, 0.29) is 22.7 Å². The van der Waals surface area contributed by atoms with Crippen molar-refractivity contribution in [1.82, 2.24) is 25.0 Å². The summed E-state index contributed by atoms with van der Waals surface area (Å²) in [6.45, 7) is 2.43. The van der Waals surface area contributed by atoms with E-state index in [4.69, 9.17) is 9.94 Å². The van der Waals surface area contributed by atoms with Gasteiger partial charge in [-0.1, -0.05) is 18.2 Å². The lowest BCUT2D eigenvalue weighted by molar-refractivity contribution is 0.0702. The number of nitrogens with zero attached hydrogens (tertiary/aromatic N) is 3. The first kappa shape index (κ1) is 18.4. The van der Waals surface area contributed by atoms with Crippen LogP contribution < -0.4 is 15.9 Å². The molecule has 2 heterocycles. The average Bonchev–Trinajstić information content (AvgIpc) is 3.09. The second-order valence-electron chi connectivity index (χ2n) is 6.09. The van der Waals surface area contributed by atoms with Gasteiger partial charge in [0.05, 0.1) is 12.3 Å². The molecular formula is C20H17N5O4. The fraction of sp³-hybridized carbons (Fsp3) is 0.100. The number of aromatic amines is 1. The van der Waals surface area contributed by atoms with Crippen LogP contribution in [0, 0.1) is 0 Å². The molecule has 2 aromatic carbocycles. The fourth-order valence-electron chi connectivity index (χ4n) is 3.01. The van der Waals surface area contributed by atoms with Gasteiger partial charge in [-0.15, -0.1) is 0 Å². The van der Waals surface area contributed by atoms with Crippen molar-refractivity contribution in [3.63, 3.8) is 0 Å². The second-order valence-corrected chi connectivity index (χ2v) is 6.09. The molecule has 1 amide bonds. The maximum absolute atomic E-state index is 12.6. The van der Waals surface area contributed by atoms with E-state index >= 15 is 0 Å². The fourth-order valence-corrected chi connectivity index (χ4v) is 3.01. The van der Waals surface area contributed by atoms with E-state index in [9.17, 15) is 9.59 Å². The Labute approximate surface area is 164 Å². The molecule has 29 heavy (non-hydrogen) atoms. The predicted molar refractivity (Wildman–Crippen MR) is 105 cm³/mol. The number of carbonyl (C=O) groups is 1. The summed E-state index contributed by atoms with van der Waals surface area (Å²) in [5.41, 5.74) is 2.49. The number of fused-ring (bicyclic) bond motifs is 1. The summed E-state index contributed by atoms with van der Waals surface area (Å²) in [6.07, 6.45) is 0. The minimum Gasteiger partial charge on any atom is -0.494 e. The number of ether oxygens (including phenoxy) is 1. The lowest BCUT2D eigenvalue weighted by atomic mass is 10.2. The van der Waals surface area contributed by atoms with Gasteiger partial charge in [0, 0.05) is 5.56 Å². The van der Waals surface area contributed by atoms with E-state index in [1.54, 1.807) is 54.0 Å². The number of aromatic nitrogens is 4. The summed E-state index contributed by atoms with van der Waals surface area (Å²) in [4.78, 5) is 36.2. The molecule has 0 saturated heterocycles. The third-order valence-corrected chi connectivity index (χ3v) is 4.29. The zero-order valence-electron chi connectivity index (χ0n) is 15.4. The summed E-state index contributed by atoms with van der Waals surface area (Å²) in [7, 11) is 0. The summed E-state index contributed by atoms with van der Waals surface area (Å²) in [5, 5.41) is 9.12. The molecule has 0 aliphatic rings. The number of hydrogen-bond acceptors (Lipinski definition) is 6. The van der Waals surface area contributed by atoms with Gasteiger partial charge < -0.3 is 9.72 Å². The van der Waals surface area contributed by atoms with Crippen LogP contribution in [0.1, 0.15) is 17.4 Å². The Bertz CT molecular complexity index is 1230.